The topological polar surface area (TPSA) is 80.3 Å². The van der Waals surface area contributed by atoms with E-state index in [-0.39, 0.29) is 31.0 Å². The molecule has 0 N–H and O–H groups in total. The first kappa shape index (κ1) is 31.9. The number of aliphatic carboxylic acids is 2. The largest absolute Gasteiger partial charge is 2.00 e. The van der Waals surface area contributed by atoms with Crippen LogP contribution in [0.2, 0.25) is 0 Å². The van der Waals surface area contributed by atoms with Crippen LogP contribution in [0.4, 0.5) is 0 Å². The third kappa shape index (κ3) is 26.3. The van der Waals surface area contributed by atoms with Crippen LogP contribution in [0.15, 0.2) is 0 Å². The summed E-state index contributed by atoms with van der Waals surface area (Å²) in [6.07, 6.45) is 9.72. The maximum absolute atomic E-state index is 10.2. The Kier molecular flexibility index (Phi) is 28.8. The number of carbonyl (C=O) groups is 2. The SMILES string of the molecule is CCCCC(CC)CSCC(=O)[O-].CCCCC(CC)CSCC(=O)[O-].[Zn+2]. The normalized spacial score (nSPS) is 12.3. The van der Waals surface area contributed by atoms with Gasteiger partial charge >= 0.3 is 19.5 Å². The molecule has 0 aliphatic carbocycles. The van der Waals surface area contributed by atoms with Crippen molar-refractivity contribution in [3.63, 3.8) is 0 Å². The van der Waals surface area contributed by atoms with Crippen molar-refractivity contribution in [3.8, 4) is 0 Å². The van der Waals surface area contributed by atoms with Crippen LogP contribution in [-0.2, 0) is 29.1 Å². The molecular formula is C20H38O4S2Zn. The fourth-order valence-corrected chi connectivity index (χ4v) is 4.45. The first-order chi connectivity index (χ1) is 12.4. The zero-order valence-electron chi connectivity index (χ0n) is 17.8. The molecule has 2 unspecified atom stereocenters. The Morgan fingerprint density at radius 1 is 0.741 bits per heavy atom. The second kappa shape index (κ2) is 24.3. The van der Waals surface area contributed by atoms with Crippen LogP contribution < -0.4 is 10.2 Å². The summed E-state index contributed by atoms with van der Waals surface area (Å²) in [5, 5.41) is 20.3. The van der Waals surface area contributed by atoms with Crippen LogP contribution in [0.3, 0.4) is 0 Å². The van der Waals surface area contributed by atoms with Crippen molar-refractivity contribution >= 4 is 35.5 Å². The van der Waals surface area contributed by atoms with E-state index < -0.39 is 11.9 Å². The average Bonchev–Trinajstić information content (AvgIpc) is 2.60. The molecular weight excluding hydrogens is 434 g/mol. The van der Waals surface area contributed by atoms with Crippen molar-refractivity contribution in [2.24, 2.45) is 11.8 Å². The maximum Gasteiger partial charge on any atom is 2.00 e. The molecule has 0 bridgehead atoms. The van der Waals surface area contributed by atoms with E-state index in [0.717, 1.165) is 24.3 Å². The smallest absolute Gasteiger partial charge is 0.549 e. The van der Waals surface area contributed by atoms with E-state index in [0.29, 0.717) is 11.8 Å². The van der Waals surface area contributed by atoms with Crippen LogP contribution in [0, 0.1) is 11.8 Å². The van der Waals surface area contributed by atoms with Gasteiger partial charge in [-0.05, 0) is 36.2 Å². The Balaban J connectivity index is -0.000000411. The summed E-state index contributed by atoms with van der Waals surface area (Å²) < 4.78 is 0. The summed E-state index contributed by atoms with van der Waals surface area (Å²) in [6.45, 7) is 8.70. The van der Waals surface area contributed by atoms with Gasteiger partial charge in [-0.2, -0.15) is 23.5 Å². The number of carboxylic acid groups (broad SMARTS) is 2. The molecule has 0 saturated heterocycles. The minimum absolute atomic E-state index is 0. The number of rotatable bonds is 16. The fraction of sp³-hybridized carbons (Fsp3) is 0.900. The standard InChI is InChI=1S/2C10H20O2S.Zn/c2*1-3-5-6-9(4-2)7-13-8-10(11)12;/h2*9H,3-8H2,1-2H3,(H,11,12);/q;;+2/p-2. The van der Waals surface area contributed by atoms with Crippen molar-refractivity contribution in [1.29, 1.82) is 0 Å². The molecule has 156 valence electrons. The number of unbranched alkanes of at least 4 members (excludes halogenated alkanes) is 2. The molecule has 2 atom stereocenters. The molecule has 0 aromatic carbocycles. The third-order valence-electron chi connectivity index (χ3n) is 4.23. The van der Waals surface area contributed by atoms with Crippen molar-refractivity contribution in [2.45, 2.75) is 79.1 Å². The van der Waals surface area contributed by atoms with Gasteiger partial charge in [0.1, 0.15) is 0 Å². The molecule has 0 aliphatic heterocycles. The Morgan fingerprint density at radius 2 is 1.07 bits per heavy atom. The first-order valence-corrected chi connectivity index (χ1v) is 12.3. The van der Waals surface area contributed by atoms with Crippen molar-refractivity contribution in [1.82, 2.24) is 0 Å². The first-order valence-electron chi connectivity index (χ1n) is 9.96. The Labute approximate surface area is 188 Å². The summed E-state index contributed by atoms with van der Waals surface area (Å²) in [4.78, 5) is 20.3. The summed E-state index contributed by atoms with van der Waals surface area (Å²) >= 11 is 2.96. The molecule has 0 fully saturated rings. The molecule has 0 radical (unpaired) electrons. The fourth-order valence-electron chi connectivity index (χ4n) is 2.41. The monoisotopic (exact) mass is 470 g/mol. The second-order valence-corrected chi connectivity index (χ2v) is 8.67. The molecule has 0 aliphatic rings. The van der Waals surface area contributed by atoms with Gasteiger partial charge in [0.25, 0.3) is 0 Å². The summed E-state index contributed by atoms with van der Waals surface area (Å²) in [5.74, 6) is 1.68. The molecule has 7 heteroatoms. The van der Waals surface area contributed by atoms with Gasteiger partial charge in [0, 0.05) is 11.5 Å². The van der Waals surface area contributed by atoms with Crippen LogP contribution in [0.25, 0.3) is 0 Å². The minimum atomic E-state index is -0.949. The van der Waals surface area contributed by atoms with Crippen LogP contribution in [0.1, 0.15) is 79.1 Å². The van der Waals surface area contributed by atoms with Gasteiger partial charge in [-0.25, -0.2) is 0 Å². The van der Waals surface area contributed by atoms with Crippen molar-refractivity contribution in [3.05, 3.63) is 0 Å². The average molecular weight is 472 g/mol. The Hall–Kier alpha value is 0.263. The Morgan fingerprint density at radius 3 is 1.30 bits per heavy atom. The van der Waals surface area contributed by atoms with Gasteiger partial charge in [-0.1, -0.05) is 66.2 Å². The van der Waals surface area contributed by atoms with Crippen molar-refractivity contribution in [2.75, 3.05) is 23.0 Å². The Bertz CT molecular complexity index is 312. The second-order valence-electron chi connectivity index (χ2n) is 6.61. The van der Waals surface area contributed by atoms with E-state index in [1.165, 1.54) is 62.0 Å². The van der Waals surface area contributed by atoms with Gasteiger partial charge in [-0.3, -0.25) is 0 Å². The molecule has 0 rings (SSSR count). The van der Waals surface area contributed by atoms with Gasteiger partial charge in [-0.15, -0.1) is 0 Å². The molecule has 4 nitrogen and oxygen atoms in total. The van der Waals surface area contributed by atoms with E-state index in [9.17, 15) is 19.8 Å². The van der Waals surface area contributed by atoms with E-state index in [1.807, 2.05) is 0 Å². The molecule has 27 heavy (non-hydrogen) atoms. The molecule has 0 spiro atoms. The van der Waals surface area contributed by atoms with Crippen LogP contribution >= 0.6 is 23.5 Å². The molecule has 0 saturated carbocycles. The van der Waals surface area contributed by atoms with E-state index >= 15 is 0 Å². The van der Waals surface area contributed by atoms with Crippen LogP contribution in [-0.4, -0.2) is 35.0 Å². The molecule has 0 aromatic heterocycles. The molecule has 0 heterocycles. The predicted octanol–water partition coefficient (Wildman–Crippen LogP) is 3.37. The summed E-state index contributed by atoms with van der Waals surface area (Å²) in [7, 11) is 0. The van der Waals surface area contributed by atoms with E-state index in [2.05, 4.69) is 27.7 Å². The van der Waals surface area contributed by atoms with Gasteiger partial charge in [0.05, 0.1) is 11.9 Å². The number of carbonyl (C=O) groups excluding carboxylic acids is 2. The van der Waals surface area contributed by atoms with Gasteiger partial charge in [0.2, 0.25) is 0 Å². The summed E-state index contributed by atoms with van der Waals surface area (Å²) in [5.41, 5.74) is 0. The predicted molar refractivity (Wildman–Crippen MR) is 111 cm³/mol. The van der Waals surface area contributed by atoms with E-state index in [1.54, 1.807) is 0 Å². The minimum Gasteiger partial charge on any atom is -0.549 e. The zero-order valence-corrected chi connectivity index (χ0v) is 22.4. The van der Waals surface area contributed by atoms with Crippen LogP contribution in [0.5, 0.6) is 0 Å². The number of thioether (sulfide) groups is 2. The number of hydrogen-bond donors (Lipinski definition) is 0. The molecule has 0 amide bonds. The van der Waals surface area contributed by atoms with Gasteiger partial charge < -0.3 is 19.8 Å². The van der Waals surface area contributed by atoms with Crippen molar-refractivity contribution < 1.29 is 39.3 Å². The van der Waals surface area contributed by atoms with Gasteiger partial charge in [0.15, 0.2) is 0 Å². The number of carboxylic acids is 2. The summed E-state index contributed by atoms with van der Waals surface area (Å²) in [6, 6.07) is 0. The maximum atomic E-state index is 10.2. The quantitative estimate of drug-likeness (QED) is 0.321. The zero-order chi connectivity index (χ0) is 20.2. The third-order valence-corrected chi connectivity index (χ3v) is 6.53. The van der Waals surface area contributed by atoms with E-state index in [4.69, 9.17) is 0 Å². The molecule has 0 aromatic rings. The number of hydrogen-bond acceptors (Lipinski definition) is 6.